The smallest absolute Gasteiger partial charge is 0.305 e. The summed E-state index contributed by atoms with van der Waals surface area (Å²) in [6.45, 7) is 1.55. The normalized spacial score (nSPS) is 13.3. The molecule has 1 aromatic carbocycles. The fraction of sp³-hybridized carbons (Fsp3) is 0.429. The zero-order valence-corrected chi connectivity index (χ0v) is 11.6. The molecule has 0 heterocycles. The van der Waals surface area contributed by atoms with Gasteiger partial charge in [0.05, 0.1) is 18.6 Å². The first-order valence-corrected chi connectivity index (χ1v) is 6.15. The second-order valence-corrected chi connectivity index (χ2v) is 4.71. The Bertz CT molecular complexity index is 448. The maximum absolute atomic E-state index is 11.8. The lowest BCUT2D eigenvalue weighted by atomic mass is 9.99. The van der Waals surface area contributed by atoms with Crippen molar-refractivity contribution in [3.63, 3.8) is 0 Å². The number of methoxy groups -OCH3 is 1. The second kappa shape index (κ2) is 7.49. The molecule has 0 saturated carbocycles. The first kappa shape index (κ1) is 16.0. The number of hydrogen-bond donors (Lipinski definition) is 2. The Balaban J connectivity index is 2.51. The molecule has 0 fully saturated rings. The molecular formula is C14H19NO5. The number of carboxylic acids is 1. The van der Waals surface area contributed by atoms with Crippen LogP contribution in [0.1, 0.15) is 13.3 Å². The van der Waals surface area contributed by atoms with Crippen LogP contribution in [-0.2, 0) is 14.3 Å². The van der Waals surface area contributed by atoms with Crippen LogP contribution in [0.3, 0.4) is 0 Å². The van der Waals surface area contributed by atoms with E-state index in [2.05, 4.69) is 5.32 Å². The topological polar surface area (TPSA) is 84.9 Å². The minimum absolute atomic E-state index is 0.108. The summed E-state index contributed by atoms with van der Waals surface area (Å²) in [5, 5.41) is 11.5. The van der Waals surface area contributed by atoms with Gasteiger partial charge in [0.2, 0.25) is 0 Å². The average Bonchev–Trinajstić information content (AvgIpc) is 2.36. The number of carbonyl (C=O) groups is 2. The highest BCUT2D eigenvalue weighted by molar-refractivity contribution is 5.79. The van der Waals surface area contributed by atoms with Gasteiger partial charge in [0.25, 0.3) is 5.91 Å². The van der Waals surface area contributed by atoms with Gasteiger partial charge < -0.3 is 19.9 Å². The first-order chi connectivity index (χ1) is 9.45. The first-order valence-electron chi connectivity index (χ1n) is 6.15. The molecule has 0 saturated heterocycles. The van der Waals surface area contributed by atoms with Crippen molar-refractivity contribution in [2.75, 3.05) is 20.3 Å². The van der Waals surface area contributed by atoms with Crippen LogP contribution in [-0.4, -0.2) is 42.8 Å². The fourth-order valence-corrected chi connectivity index (χ4v) is 1.82. The quantitative estimate of drug-likeness (QED) is 0.744. The lowest BCUT2D eigenvalue weighted by Gasteiger charge is -2.28. The number of amides is 1. The third-order valence-electron chi connectivity index (χ3n) is 2.56. The minimum Gasteiger partial charge on any atom is -0.484 e. The molecule has 0 radical (unpaired) electrons. The van der Waals surface area contributed by atoms with Crippen molar-refractivity contribution in [1.82, 2.24) is 5.32 Å². The van der Waals surface area contributed by atoms with Gasteiger partial charge >= 0.3 is 5.97 Å². The number of nitrogens with one attached hydrogen (secondary N) is 1. The molecule has 20 heavy (non-hydrogen) atoms. The molecule has 0 spiro atoms. The Morgan fingerprint density at radius 1 is 1.30 bits per heavy atom. The molecule has 1 amide bonds. The SMILES string of the molecule is COCC(C)(CC(=O)O)NC(=O)COc1ccccc1. The van der Waals surface area contributed by atoms with Crippen molar-refractivity contribution < 1.29 is 24.2 Å². The second-order valence-electron chi connectivity index (χ2n) is 4.71. The van der Waals surface area contributed by atoms with Gasteiger partial charge in [0, 0.05) is 7.11 Å². The molecule has 1 aromatic rings. The zero-order valence-electron chi connectivity index (χ0n) is 11.6. The van der Waals surface area contributed by atoms with E-state index in [4.69, 9.17) is 14.6 Å². The van der Waals surface area contributed by atoms with Gasteiger partial charge in [-0.15, -0.1) is 0 Å². The summed E-state index contributed by atoms with van der Waals surface area (Å²) in [6.07, 6.45) is -0.224. The Hall–Kier alpha value is -2.08. The molecule has 2 N–H and O–H groups in total. The van der Waals surface area contributed by atoms with Gasteiger partial charge in [-0.1, -0.05) is 18.2 Å². The van der Waals surface area contributed by atoms with E-state index in [1.165, 1.54) is 7.11 Å². The predicted molar refractivity (Wildman–Crippen MR) is 72.6 cm³/mol. The molecule has 110 valence electrons. The van der Waals surface area contributed by atoms with Crippen LogP contribution in [0, 0.1) is 0 Å². The Morgan fingerprint density at radius 3 is 2.50 bits per heavy atom. The van der Waals surface area contributed by atoms with Gasteiger partial charge in [-0.2, -0.15) is 0 Å². The molecule has 0 aliphatic heterocycles. The van der Waals surface area contributed by atoms with Gasteiger partial charge in [0.1, 0.15) is 5.75 Å². The molecule has 1 atom stereocenters. The summed E-state index contributed by atoms with van der Waals surface area (Å²) in [6, 6.07) is 8.91. The van der Waals surface area contributed by atoms with E-state index in [9.17, 15) is 9.59 Å². The van der Waals surface area contributed by atoms with Crippen molar-refractivity contribution in [1.29, 1.82) is 0 Å². The summed E-state index contributed by atoms with van der Waals surface area (Å²) < 4.78 is 10.2. The summed E-state index contributed by atoms with van der Waals surface area (Å²) >= 11 is 0. The van der Waals surface area contributed by atoms with E-state index in [0.717, 1.165) is 0 Å². The molecule has 6 nitrogen and oxygen atoms in total. The predicted octanol–water partition coefficient (Wildman–Crippen LogP) is 1.06. The number of benzene rings is 1. The van der Waals surface area contributed by atoms with Crippen molar-refractivity contribution in [3.8, 4) is 5.75 Å². The molecular weight excluding hydrogens is 262 g/mol. The van der Waals surface area contributed by atoms with Crippen LogP contribution in [0.15, 0.2) is 30.3 Å². The molecule has 1 rings (SSSR count). The van der Waals surface area contributed by atoms with E-state index >= 15 is 0 Å². The van der Waals surface area contributed by atoms with Crippen LogP contribution in [0.25, 0.3) is 0 Å². The molecule has 0 aliphatic rings. The maximum atomic E-state index is 11.8. The van der Waals surface area contributed by atoms with Crippen LogP contribution < -0.4 is 10.1 Å². The fourth-order valence-electron chi connectivity index (χ4n) is 1.82. The third-order valence-corrected chi connectivity index (χ3v) is 2.56. The van der Waals surface area contributed by atoms with Gasteiger partial charge in [-0.05, 0) is 19.1 Å². The number of rotatable bonds is 8. The van der Waals surface area contributed by atoms with Crippen molar-refractivity contribution in [2.24, 2.45) is 0 Å². The highest BCUT2D eigenvalue weighted by atomic mass is 16.5. The molecule has 0 aromatic heterocycles. The van der Waals surface area contributed by atoms with Gasteiger partial charge in [-0.3, -0.25) is 9.59 Å². The molecule has 1 unspecified atom stereocenters. The molecule has 6 heteroatoms. The third kappa shape index (κ3) is 5.71. The highest BCUT2D eigenvalue weighted by Crippen LogP contribution is 2.11. The van der Waals surface area contributed by atoms with E-state index < -0.39 is 17.4 Å². The number of carbonyl (C=O) groups excluding carboxylic acids is 1. The summed E-state index contributed by atoms with van der Waals surface area (Å²) in [5.74, 6) is -0.821. The van der Waals surface area contributed by atoms with Crippen molar-refractivity contribution in [2.45, 2.75) is 18.9 Å². The zero-order chi connectivity index (χ0) is 15.0. The van der Waals surface area contributed by atoms with Crippen LogP contribution in [0.4, 0.5) is 0 Å². The number of hydrogen-bond acceptors (Lipinski definition) is 4. The standard InChI is InChI=1S/C14H19NO5/c1-14(10-19-2,8-13(17)18)15-12(16)9-20-11-6-4-3-5-7-11/h3-7H,8-10H2,1-2H3,(H,15,16)(H,17,18). The van der Waals surface area contributed by atoms with E-state index in [-0.39, 0.29) is 19.6 Å². The van der Waals surface area contributed by atoms with Crippen LogP contribution in [0.2, 0.25) is 0 Å². The van der Waals surface area contributed by atoms with Gasteiger partial charge in [0.15, 0.2) is 6.61 Å². The molecule has 0 bridgehead atoms. The highest BCUT2D eigenvalue weighted by Gasteiger charge is 2.29. The number of ether oxygens (including phenoxy) is 2. The monoisotopic (exact) mass is 281 g/mol. The van der Waals surface area contributed by atoms with Crippen molar-refractivity contribution in [3.05, 3.63) is 30.3 Å². The summed E-state index contributed by atoms with van der Waals surface area (Å²) in [4.78, 5) is 22.6. The Kier molecular flexibility index (Phi) is 5.99. The van der Waals surface area contributed by atoms with E-state index in [1.807, 2.05) is 6.07 Å². The lowest BCUT2D eigenvalue weighted by molar-refractivity contribution is -0.139. The van der Waals surface area contributed by atoms with Crippen LogP contribution >= 0.6 is 0 Å². The number of carboxylic acid groups (broad SMARTS) is 1. The Morgan fingerprint density at radius 2 is 1.95 bits per heavy atom. The van der Waals surface area contributed by atoms with Crippen LogP contribution in [0.5, 0.6) is 5.75 Å². The molecule has 0 aliphatic carbocycles. The summed E-state index contributed by atoms with van der Waals surface area (Å²) in [7, 11) is 1.45. The van der Waals surface area contributed by atoms with E-state index in [0.29, 0.717) is 5.75 Å². The van der Waals surface area contributed by atoms with E-state index in [1.54, 1.807) is 31.2 Å². The maximum Gasteiger partial charge on any atom is 0.305 e. The van der Waals surface area contributed by atoms with Gasteiger partial charge in [-0.25, -0.2) is 0 Å². The number of aliphatic carboxylic acids is 1. The minimum atomic E-state index is -1.01. The average molecular weight is 281 g/mol. The van der Waals surface area contributed by atoms with Crippen molar-refractivity contribution >= 4 is 11.9 Å². The summed E-state index contributed by atoms with van der Waals surface area (Å²) in [5.41, 5.74) is -0.961. The Labute approximate surface area is 117 Å². The number of para-hydroxylation sites is 1. The lowest BCUT2D eigenvalue weighted by Crippen LogP contribution is -2.52. The largest absolute Gasteiger partial charge is 0.484 e.